The zero-order chi connectivity index (χ0) is 19.1. The van der Waals surface area contributed by atoms with E-state index in [1.807, 2.05) is 41.6 Å². The van der Waals surface area contributed by atoms with Gasteiger partial charge in [-0.1, -0.05) is 26.0 Å². The minimum absolute atomic E-state index is 0.0351. The largest absolute Gasteiger partial charge is 0.370 e. The molecule has 3 heterocycles. The third kappa shape index (κ3) is 6.12. The highest BCUT2D eigenvalue weighted by atomic mass is 16.5. The molecule has 0 N–H and O–H groups in total. The highest BCUT2D eigenvalue weighted by molar-refractivity contribution is 5.78. The zero-order valence-electron chi connectivity index (χ0n) is 16.1. The van der Waals surface area contributed by atoms with Gasteiger partial charge in [0.05, 0.1) is 19.3 Å². The van der Waals surface area contributed by atoms with Crippen LogP contribution in [0.1, 0.15) is 25.0 Å². The molecule has 1 aliphatic rings. The van der Waals surface area contributed by atoms with Crippen LogP contribution in [0.3, 0.4) is 0 Å². The Morgan fingerprint density at radius 1 is 1.11 bits per heavy atom. The summed E-state index contributed by atoms with van der Waals surface area (Å²) >= 11 is 0. The average Bonchev–Trinajstić information content (AvgIpc) is 2.80. The van der Waals surface area contributed by atoms with Gasteiger partial charge in [0.15, 0.2) is 0 Å². The number of ether oxygens (including phenoxy) is 1. The van der Waals surface area contributed by atoms with Gasteiger partial charge in [0.1, 0.15) is 0 Å². The van der Waals surface area contributed by atoms with Crippen LogP contribution in [0.2, 0.25) is 0 Å². The molecule has 0 saturated carbocycles. The van der Waals surface area contributed by atoms with Gasteiger partial charge in [-0.3, -0.25) is 19.7 Å². The second-order valence-electron chi connectivity index (χ2n) is 7.52. The van der Waals surface area contributed by atoms with Crippen molar-refractivity contribution in [1.29, 1.82) is 0 Å². The summed E-state index contributed by atoms with van der Waals surface area (Å²) < 4.78 is 6.19. The molecule has 1 fully saturated rings. The molecule has 0 bridgehead atoms. The van der Waals surface area contributed by atoms with Crippen molar-refractivity contribution in [2.45, 2.75) is 33.1 Å². The van der Waals surface area contributed by atoms with E-state index >= 15 is 0 Å². The van der Waals surface area contributed by atoms with E-state index < -0.39 is 0 Å². The molecule has 1 amide bonds. The maximum Gasteiger partial charge on any atom is 0.236 e. The van der Waals surface area contributed by atoms with Crippen LogP contribution in [0.5, 0.6) is 0 Å². The number of carbonyl (C=O) groups excluding carboxylic acids is 1. The monoisotopic (exact) mass is 368 g/mol. The van der Waals surface area contributed by atoms with Crippen LogP contribution < -0.4 is 0 Å². The number of hydrogen-bond acceptors (Lipinski definition) is 5. The Morgan fingerprint density at radius 3 is 2.44 bits per heavy atom. The number of amides is 1. The van der Waals surface area contributed by atoms with E-state index in [4.69, 9.17) is 4.74 Å². The first-order chi connectivity index (χ1) is 13.1. The molecule has 6 nitrogen and oxygen atoms in total. The van der Waals surface area contributed by atoms with Crippen LogP contribution in [0, 0.1) is 5.92 Å². The maximum atomic E-state index is 12.8. The Morgan fingerprint density at radius 2 is 1.81 bits per heavy atom. The molecule has 2 aromatic heterocycles. The number of carbonyl (C=O) groups is 1. The van der Waals surface area contributed by atoms with Crippen molar-refractivity contribution in [2.75, 3.05) is 26.2 Å². The molecule has 0 unspecified atom stereocenters. The van der Waals surface area contributed by atoms with Gasteiger partial charge in [0.25, 0.3) is 0 Å². The SMILES string of the molecule is CC(C)CN1C[C@H](OCc2cccnc2)CN(Cc2cccnc2)CC1=O. The fourth-order valence-corrected chi connectivity index (χ4v) is 3.34. The summed E-state index contributed by atoms with van der Waals surface area (Å²) in [7, 11) is 0. The second kappa shape index (κ2) is 9.58. The van der Waals surface area contributed by atoms with Crippen molar-refractivity contribution >= 4 is 5.91 Å². The van der Waals surface area contributed by atoms with Crippen LogP contribution in [-0.4, -0.2) is 58.0 Å². The minimum atomic E-state index is -0.0351. The first-order valence-electron chi connectivity index (χ1n) is 9.49. The van der Waals surface area contributed by atoms with Crippen LogP contribution in [0.4, 0.5) is 0 Å². The lowest BCUT2D eigenvalue weighted by molar-refractivity contribution is -0.132. The molecule has 6 heteroatoms. The molecule has 3 rings (SSSR count). The summed E-state index contributed by atoms with van der Waals surface area (Å²) in [4.78, 5) is 25.2. The molecule has 2 aromatic rings. The standard InChI is InChI=1S/C21H28N4O2/c1-17(2)11-25-14-20(27-16-19-6-4-8-23-10-19)13-24(15-21(25)26)12-18-5-3-7-22-9-18/h3-10,17,20H,11-16H2,1-2H3/t20-/m1/s1. The molecule has 144 valence electrons. The third-order valence-electron chi connectivity index (χ3n) is 4.52. The lowest BCUT2D eigenvalue weighted by Crippen LogP contribution is -2.40. The van der Waals surface area contributed by atoms with E-state index in [1.54, 1.807) is 12.4 Å². The van der Waals surface area contributed by atoms with Crippen LogP contribution >= 0.6 is 0 Å². The average molecular weight is 368 g/mol. The third-order valence-corrected chi connectivity index (χ3v) is 4.52. The minimum Gasteiger partial charge on any atom is -0.370 e. The Labute approximate surface area is 161 Å². The number of aromatic nitrogens is 2. The van der Waals surface area contributed by atoms with Crippen molar-refractivity contribution in [2.24, 2.45) is 5.92 Å². The summed E-state index contributed by atoms with van der Waals surface area (Å²) in [6.07, 6.45) is 7.16. The maximum absolute atomic E-state index is 12.8. The highest BCUT2D eigenvalue weighted by Gasteiger charge is 2.28. The molecule has 1 saturated heterocycles. The number of pyridine rings is 2. The smallest absolute Gasteiger partial charge is 0.236 e. The molecule has 1 atom stereocenters. The molecule has 0 aromatic carbocycles. The van der Waals surface area contributed by atoms with Crippen molar-refractivity contribution in [1.82, 2.24) is 19.8 Å². The zero-order valence-corrected chi connectivity index (χ0v) is 16.1. The first-order valence-corrected chi connectivity index (χ1v) is 9.49. The van der Waals surface area contributed by atoms with Gasteiger partial charge in [0, 0.05) is 51.0 Å². The molecule has 0 radical (unpaired) electrons. The molecule has 0 aliphatic carbocycles. The van der Waals surface area contributed by atoms with Gasteiger partial charge < -0.3 is 9.64 Å². The lowest BCUT2D eigenvalue weighted by atomic mass is 10.2. The van der Waals surface area contributed by atoms with E-state index in [1.165, 1.54) is 0 Å². The predicted molar refractivity (Wildman–Crippen MR) is 104 cm³/mol. The summed E-state index contributed by atoms with van der Waals surface area (Å²) in [6.45, 7) is 7.98. The van der Waals surface area contributed by atoms with Crippen molar-refractivity contribution in [3.8, 4) is 0 Å². The van der Waals surface area contributed by atoms with E-state index in [2.05, 4.69) is 28.7 Å². The Bertz CT molecular complexity index is 709. The summed E-state index contributed by atoms with van der Waals surface area (Å²) in [6, 6.07) is 7.89. The lowest BCUT2D eigenvalue weighted by Gasteiger charge is -2.26. The van der Waals surface area contributed by atoms with Gasteiger partial charge >= 0.3 is 0 Å². The second-order valence-corrected chi connectivity index (χ2v) is 7.52. The van der Waals surface area contributed by atoms with Gasteiger partial charge in [-0.05, 0) is 29.2 Å². The van der Waals surface area contributed by atoms with Crippen LogP contribution in [-0.2, 0) is 22.7 Å². The summed E-state index contributed by atoms with van der Waals surface area (Å²) in [5.74, 6) is 0.595. The predicted octanol–water partition coefficient (Wildman–Crippen LogP) is 2.36. The van der Waals surface area contributed by atoms with Crippen molar-refractivity contribution in [3.05, 3.63) is 60.2 Å². The number of hydrogen-bond donors (Lipinski definition) is 0. The Hall–Kier alpha value is -2.31. The van der Waals surface area contributed by atoms with Crippen molar-refractivity contribution in [3.63, 3.8) is 0 Å². The fraction of sp³-hybridized carbons (Fsp3) is 0.476. The summed E-state index contributed by atoms with van der Waals surface area (Å²) in [5, 5.41) is 0. The van der Waals surface area contributed by atoms with Crippen LogP contribution in [0.25, 0.3) is 0 Å². The van der Waals surface area contributed by atoms with Gasteiger partial charge in [-0.2, -0.15) is 0 Å². The van der Waals surface area contributed by atoms with Gasteiger partial charge in [-0.25, -0.2) is 0 Å². The molecular weight excluding hydrogens is 340 g/mol. The van der Waals surface area contributed by atoms with E-state index in [-0.39, 0.29) is 12.0 Å². The van der Waals surface area contributed by atoms with Crippen LogP contribution in [0.15, 0.2) is 49.1 Å². The Balaban J connectivity index is 1.69. The fourth-order valence-electron chi connectivity index (χ4n) is 3.34. The summed E-state index contributed by atoms with van der Waals surface area (Å²) in [5.41, 5.74) is 2.15. The normalized spacial score (nSPS) is 18.7. The highest BCUT2D eigenvalue weighted by Crippen LogP contribution is 2.14. The Kier molecular flexibility index (Phi) is 6.90. The van der Waals surface area contributed by atoms with Gasteiger partial charge in [0.2, 0.25) is 5.91 Å². The number of nitrogens with zero attached hydrogens (tertiary/aromatic N) is 4. The van der Waals surface area contributed by atoms with Gasteiger partial charge in [-0.15, -0.1) is 0 Å². The van der Waals surface area contributed by atoms with E-state index in [9.17, 15) is 4.79 Å². The molecule has 1 aliphatic heterocycles. The molecular formula is C21H28N4O2. The van der Waals surface area contributed by atoms with E-state index in [0.29, 0.717) is 32.2 Å². The topological polar surface area (TPSA) is 58.6 Å². The quantitative estimate of drug-likeness (QED) is 0.751. The molecule has 0 spiro atoms. The number of rotatable bonds is 7. The van der Waals surface area contributed by atoms with Crippen molar-refractivity contribution < 1.29 is 9.53 Å². The van der Waals surface area contributed by atoms with E-state index in [0.717, 1.165) is 24.2 Å². The molecule has 27 heavy (non-hydrogen) atoms. The first kappa shape index (κ1) is 19.5.